The minimum Gasteiger partial charge on any atom is -0.321 e. The van der Waals surface area contributed by atoms with E-state index < -0.39 is 0 Å². The Kier molecular flexibility index (Phi) is 2.73. The largest absolute Gasteiger partial charge is 0.321 e. The quantitative estimate of drug-likeness (QED) is 0.690. The van der Waals surface area contributed by atoms with Crippen molar-refractivity contribution in [3.8, 4) is 0 Å². The summed E-state index contributed by atoms with van der Waals surface area (Å²) in [5, 5.41) is 1.72. The van der Waals surface area contributed by atoms with E-state index >= 15 is 0 Å². The average Bonchev–Trinajstić information content (AvgIpc) is 2.53. The first-order valence-electron chi connectivity index (χ1n) is 3.45. The van der Waals surface area contributed by atoms with E-state index in [1.165, 1.54) is 11.5 Å². The molecule has 0 bridgehead atoms. The molecular formula is C7H10N2OS. The van der Waals surface area contributed by atoms with E-state index in [0.717, 1.165) is 0 Å². The van der Waals surface area contributed by atoms with Gasteiger partial charge in [-0.2, -0.15) is 0 Å². The van der Waals surface area contributed by atoms with Crippen molar-refractivity contribution in [1.29, 1.82) is 0 Å². The topological polar surface area (TPSA) is 56.0 Å². The Bertz CT molecular complexity index is 233. The molecule has 0 amide bonds. The minimum absolute atomic E-state index is 0.0127. The predicted molar refractivity (Wildman–Crippen MR) is 44.7 cm³/mol. The van der Waals surface area contributed by atoms with Crippen LogP contribution in [0.4, 0.5) is 0 Å². The Hall–Kier alpha value is -0.740. The Morgan fingerprint density at radius 3 is 3.09 bits per heavy atom. The summed E-state index contributed by atoms with van der Waals surface area (Å²) in [6.07, 6.45) is 2.23. The lowest BCUT2D eigenvalue weighted by Crippen LogP contribution is -2.29. The summed E-state index contributed by atoms with van der Waals surface area (Å²) in [5.74, 6) is -0.0127. The summed E-state index contributed by atoms with van der Waals surface area (Å²) in [6.45, 7) is 1.89. The van der Waals surface area contributed by atoms with E-state index in [-0.39, 0.29) is 11.8 Å². The molecular weight excluding hydrogens is 160 g/mol. The van der Waals surface area contributed by atoms with Gasteiger partial charge in [0.25, 0.3) is 0 Å². The van der Waals surface area contributed by atoms with Gasteiger partial charge < -0.3 is 5.73 Å². The number of Topliss-reactive ketones (excluding diaryl/α,β-unsaturated/α-hetero) is 1. The molecule has 1 aromatic rings. The number of nitrogens with two attached hydrogens (primary N) is 1. The van der Waals surface area contributed by atoms with Crippen molar-refractivity contribution in [3.63, 3.8) is 0 Å². The third-order valence-electron chi connectivity index (χ3n) is 1.49. The lowest BCUT2D eigenvalue weighted by molar-refractivity contribution is 0.0959. The Labute approximate surface area is 69.4 Å². The van der Waals surface area contributed by atoms with Crippen LogP contribution in [0, 0.1) is 0 Å². The predicted octanol–water partition coefficient (Wildman–Crippen LogP) is 1.06. The second-order valence-corrected chi connectivity index (χ2v) is 2.95. The normalized spacial score (nSPS) is 12.9. The van der Waals surface area contributed by atoms with Crippen molar-refractivity contribution in [1.82, 2.24) is 4.37 Å². The molecule has 2 N–H and O–H groups in total. The summed E-state index contributed by atoms with van der Waals surface area (Å²) in [6, 6.07) is -0.369. The van der Waals surface area contributed by atoms with Crippen LogP contribution in [0.1, 0.15) is 23.7 Å². The van der Waals surface area contributed by atoms with Crippen LogP contribution in [0.3, 0.4) is 0 Å². The van der Waals surface area contributed by atoms with Gasteiger partial charge in [-0.1, -0.05) is 6.92 Å². The first-order chi connectivity index (χ1) is 5.25. The van der Waals surface area contributed by atoms with Gasteiger partial charge in [-0.05, 0) is 18.0 Å². The maximum atomic E-state index is 11.3. The van der Waals surface area contributed by atoms with Crippen LogP contribution in [0.25, 0.3) is 0 Å². The number of carbonyl (C=O) groups is 1. The van der Waals surface area contributed by atoms with E-state index in [4.69, 9.17) is 5.73 Å². The molecule has 0 spiro atoms. The van der Waals surface area contributed by atoms with Crippen LogP contribution in [-0.2, 0) is 0 Å². The third-order valence-corrected chi connectivity index (χ3v) is 2.08. The molecule has 0 aliphatic rings. The lowest BCUT2D eigenvalue weighted by atomic mass is 10.1. The molecule has 0 fully saturated rings. The zero-order valence-corrected chi connectivity index (χ0v) is 7.10. The van der Waals surface area contributed by atoms with Gasteiger partial charge in [0.1, 0.15) is 0 Å². The number of aromatic nitrogens is 1. The molecule has 1 rings (SSSR count). The van der Waals surface area contributed by atoms with E-state index in [9.17, 15) is 4.79 Å². The fraction of sp³-hybridized carbons (Fsp3) is 0.429. The van der Waals surface area contributed by atoms with Gasteiger partial charge >= 0.3 is 0 Å². The van der Waals surface area contributed by atoms with Gasteiger partial charge in [0, 0.05) is 10.9 Å². The number of ketones is 1. The first-order valence-corrected chi connectivity index (χ1v) is 4.28. The van der Waals surface area contributed by atoms with Crippen LogP contribution in [0.5, 0.6) is 0 Å². The van der Waals surface area contributed by atoms with Gasteiger partial charge in [0.05, 0.1) is 12.2 Å². The number of rotatable bonds is 3. The summed E-state index contributed by atoms with van der Waals surface area (Å²) in [7, 11) is 0. The highest BCUT2D eigenvalue weighted by Gasteiger charge is 2.13. The molecule has 0 aliphatic heterocycles. The average molecular weight is 170 g/mol. The highest BCUT2D eigenvalue weighted by molar-refractivity contribution is 7.03. The highest BCUT2D eigenvalue weighted by atomic mass is 32.1. The molecule has 0 aromatic carbocycles. The Morgan fingerprint density at radius 1 is 1.91 bits per heavy atom. The van der Waals surface area contributed by atoms with E-state index in [1.54, 1.807) is 11.6 Å². The highest BCUT2D eigenvalue weighted by Crippen LogP contribution is 2.05. The van der Waals surface area contributed by atoms with Crippen molar-refractivity contribution in [2.75, 3.05) is 0 Å². The molecule has 0 aliphatic carbocycles. The Balaban J connectivity index is 2.70. The summed E-state index contributed by atoms with van der Waals surface area (Å²) in [5.41, 5.74) is 6.16. The maximum absolute atomic E-state index is 11.3. The molecule has 1 atom stereocenters. The zero-order chi connectivity index (χ0) is 8.27. The summed E-state index contributed by atoms with van der Waals surface area (Å²) < 4.78 is 3.83. The molecule has 1 aromatic heterocycles. The van der Waals surface area contributed by atoms with Crippen LogP contribution < -0.4 is 5.73 Å². The molecule has 3 nitrogen and oxygen atoms in total. The lowest BCUT2D eigenvalue weighted by Gasteiger charge is -2.03. The number of hydrogen-bond donors (Lipinski definition) is 1. The molecule has 4 heteroatoms. The molecule has 11 heavy (non-hydrogen) atoms. The van der Waals surface area contributed by atoms with Crippen LogP contribution in [0.2, 0.25) is 0 Å². The third kappa shape index (κ3) is 1.85. The summed E-state index contributed by atoms with van der Waals surface area (Å²) >= 11 is 1.27. The maximum Gasteiger partial charge on any atom is 0.181 e. The van der Waals surface area contributed by atoms with Crippen molar-refractivity contribution in [2.24, 2.45) is 5.73 Å². The standard InChI is InChI=1S/C7H10N2OS/c1-2-6(8)7(10)5-3-9-11-4-5/h3-4,6H,2,8H2,1H3. The van der Waals surface area contributed by atoms with Crippen LogP contribution in [0.15, 0.2) is 11.6 Å². The molecule has 0 saturated heterocycles. The fourth-order valence-electron chi connectivity index (χ4n) is 0.726. The van der Waals surface area contributed by atoms with Crippen LogP contribution in [-0.4, -0.2) is 16.2 Å². The van der Waals surface area contributed by atoms with Crippen molar-refractivity contribution >= 4 is 17.3 Å². The summed E-state index contributed by atoms with van der Waals surface area (Å²) in [4.78, 5) is 11.3. The molecule has 1 heterocycles. The van der Waals surface area contributed by atoms with E-state index in [0.29, 0.717) is 12.0 Å². The van der Waals surface area contributed by atoms with E-state index in [2.05, 4.69) is 4.37 Å². The number of carbonyl (C=O) groups excluding carboxylic acids is 1. The first kappa shape index (κ1) is 8.36. The number of hydrogen-bond acceptors (Lipinski definition) is 4. The molecule has 60 valence electrons. The molecule has 0 radical (unpaired) electrons. The molecule has 1 unspecified atom stereocenters. The van der Waals surface area contributed by atoms with Gasteiger partial charge in [0.15, 0.2) is 5.78 Å². The number of nitrogens with zero attached hydrogens (tertiary/aromatic N) is 1. The molecule has 0 saturated carbocycles. The minimum atomic E-state index is -0.369. The van der Waals surface area contributed by atoms with Crippen LogP contribution >= 0.6 is 11.5 Å². The van der Waals surface area contributed by atoms with Gasteiger partial charge in [-0.25, -0.2) is 4.37 Å². The zero-order valence-electron chi connectivity index (χ0n) is 6.28. The van der Waals surface area contributed by atoms with E-state index in [1.807, 2.05) is 6.92 Å². The van der Waals surface area contributed by atoms with Crippen molar-refractivity contribution < 1.29 is 4.79 Å². The van der Waals surface area contributed by atoms with Gasteiger partial charge in [-0.15, -0.1) is 0 Å². The Morgan fingerprint density at radius 2 is 2.64 bits per heavy atom. The fourth-order valence-corrected chi connectivity index (χ4v) is 1.25. The smallest absolute Gasteiger partial charge is 0.181 e. The van der Waals surface area contributed by atoms with Gasteiger partial charge in [-0.3, -0.25) is 4.79 Å². The SMILES string of the molecule is CCC(N)C(=O)c1cnsc1. The van der Waals surface area contributed by atoms with Crippen molar-refractivity contribution in [3.05, 3.63) is 17.1 Å². The van der Waals surface area contributed by atoms with Gasteiger partial charge in [0.2, 0.25) is 0 Å². The monoisotopic (exact) mass is 170 g/mol. The second-order valence-electron chi connectivity index (χ2n) is 2.29. The van der Waals surface area contributed by atoms with Crippen molar-refractivity contribution in [2.45, 2.75) is 19.4 Å². The second kappa shape index (κ2) is 3.59.